The predicted octanol–water partition coefficient (Wildman–Crippen LogP) is 2.51. The summed E-state index contributed by atoms with van der Waals surface area (Å²) in [6.45, 7) is 3.83. The molecule has 7 heteroatoms. The van der Waals surface area contributed by atoms with Gasteiger partial charge < -0.3 is 11.1 Å². The van der Waals surface area contributed by atoms with Crippen LogP contribution in [0.25, 0.3) is 0 Å². The van der Waals surface area contributed by atoms with Crippen LogP contribution in [0.4, 0.5) is 10.8 Å². The lowest BCUT2D eigenvalue weighted by Gasteiger charge is -2.29. The van der Waals surface area contributed by atoms with Gasteiger partial charge in [-0.2, -0.15) is 4.37 Å². The summed E-state index contributed by atoms with van der Waals surface area (Å²) in [6.07, 6.45) is 4.70. The summed E-state index contributed by atoms with van der Waals surface area (Å²) in [7, 11) is -3.32. The highest BCUT2D eigenvalue weighted by Gasteiger charge is 2.28. The Morgan fingerprint density at radius 1 is 1.42 bits per heavy atom. The van der Waals surface area contributed by atoms with Gasteiger partial charge in [-0.1, -0.05) is 26.7 Å². The third-order valence-electron chi connectivity index (χ3n) is 3.79. The van der Waals surface area contributed by atoms with E-state index in [-0.39, 0.29) is 16.5 Å². The van der Waals surface area contributed by atoms with Gasteiger partial charge in [0.25, 0.3) is 0 Å². The third-order valence-corrected chi connectivity index (χ3v) is 6.51. The molecule has 2 atom stereocenters. The molecule has 0 aromatic carbocycles. The lowest BCUT2D eigenvalue weighted by atomic mass is 9.86. The largest absolute Gasteiger partial charge is 0.382 e. The number of hydrogen-bond donors (Lipinski definition) is 2. The van der Waals surface area contributed by atoms with Gasteiger partial charge in [-0.3, -0.25) is 0 Å². The van der Waals surface area contributed by atoms with Crippen LogP contribution in [-0.4, -0.2) is 24.6 Å². The Morgan fingerprint density at radius 3 is 2.74 bits per heavy atom. The van der Waals surface area contributed by atoms with Crippen molar-refractivity contribution in [1.82, 2.24) is 4.37 Å². The van der Waals surface area contributed by atoms with Crippen LogP contribution in [0.3, 0.4) is 0 Å². The van der Waals surface area contributed by atoms with Crippen LogP contribution in [0.5, 0.6) is 0 Å². The molecule has 0 amide bonds. The van der Waals surface area contributed by atoms with Crippen molar-refractivity contribution in [1.29, 1.82) is 0 Å². The summed E-state index contributed by atoms with van der Waals surface area (Å²) in [5, 5.41) is 3.97. The minimum Gasteiger partial charge on any atom is -0.382 e. The van der Waals surface area contributed by atoms with Crippen molar-refractivity contribution in [3.05, 3.63) is 0 Å². The molecule has 108 valence electrons. The lowest BCUT2D eigenvalue weighted by Crippen LogP contribution is -2.30. The second-order valence-corrected chi connectivity index (χ2v) is 8.13. The molecule has 1 aliphatic carbocycles. The molecular formula is C12H21N3O2S2. The maximum Gasteiger partial charge on any atom is 0.184 e. The van der Waals surface area contributed by atoms with Crippen LogP contribution >= 0.6 is 11.5 Å². The highest BCUT2D eigenvalue weighted by atomic mass is 32.2. The zero-order valence-corrected chi connectivity index (χ0v) is 13.0. The molecule has 0 bridgehead atoms. The van der Waals surface area contributed by atoms with Crippen molar-refractivity contribution in [3.8, 4) is 0 Å². The van der Waals surface area contributed by atoms with Gasteiger partial charge in [0.05, 0.1) is 5.75 Å². The number of hydrogen-bond acceptors (Lipinski definition) is 6. The Kier molecular flexibility index (Phi) is 4.35. The van der Waals surface area contributed by atoms with Crippen molar-refractivity contribution >= 4 is 32.2 Å². The highest BCUT2D eigenvalue weighted by Crippen LogP contribution is 2.35. The molecular weight excluding hydrogens is 282 g/mol. The van der Waals surface area contributed by atoms with Gasteiger partial charge in [-0.15, -0.1) is 0 Å². The van der Waals surface area contributed by atoms with Gasteiger partial charge >= 0.3 is 0 Å². The minimum absolute atomic E-state index is 0.0461. The van der Waals surface area contributed by atoms with Crippen molar-refractivity contribution < 1.29 is 8.42 Å². The predicted molar refractivity (Wildman–Crippen MR) is 79.3 cm³/mol. The average Bonchev–Trinajstić information content (AvgIpc) is 2.74. The number of nitrogens with one attached hydrogen (secondary N) is 1. The topological polar surface area (TPSA) is 85.1 Å². The molecule has 1 aromatic heterocycles. The Hall–Kier alpha value is -0.820. The monoisotopic (exact) mass is 303 g/mol. The van der Waals surface area contributed by atoms with Gasteiger partial charge in [-0.05, 0) is 30.3 Å². The van der Waals surface area contributed by atoms with Crippen LogP contribution in [0.1, 0.15) is 39.5 Å². The average molecular weight is 303 g/mol. The number of rotatable bonds is 4. The summed E-state index contributed by atoms with van der Waals surface area (Å²) in [4.78, 5) is 0.192. The molecule has 0 radical (unpaired) electrons. The fraction of sp³-hybridized carbons (Fsp3) is 0.750. The van der Waals surface area contributed by atoms with Crippen molar-refractivity contribution in [2.45, 2.75) is 50.5 Å². The molecule has 1 fully saturated rings. The highest BCUT2D eigenvalue weighted by molar-refractivity contribution is 7.91. The van der Waals surface area contributed by atoms with Crippen molar-refractivity contribution in [2.24, 2.45) is 5.92 Å². The van der Waals surface area contributed by atoms with Crippen LogP contribution in [-0.2, 0) is 9.84 Å². The van der Waals surface area contributed by atoms with E-state index in [9.17, 15) is 8.42 Å². The number of sulfone groups is 1. The minimum atomic E-state index is -3.32. The Bertz CT molecular complexity index is 539. The van der Waals surface area contributed by atoms with E-state index >= 15 is 0 Å². The van der Waals surface area contributed by atoms with Gasteiger partial charge in [0, 0.05) is 6.04 Å². The number of nitrogen functional groups attached to an aromatic ring is 1. The van der Waals surface area contributed by atoms with Crippen LogP contribution in [0.2, 0.25) is 0 Å². The van der Waals surface area contributed by atoms with Crippen molar-refractivity contribution in [2.75, 3.05) is 16.8 Å². The van der Waals surface area contributed by atoms with Gasteiger partial charge in [0.1, 0.15) is 9.90 Å². The fourth-order valence-electron chi connectivity index (χ4n) is 2.53. The molecule has 0 aliphatic heterocycles. The first-order chi connectivity index (χ1) is 8.95. The summed E-state index contributed by atoms with van der Waals surface area (Å²) in [5.74, 6) is 0.719. The van der Waals surface area contributed by atoms with E-state index in [0.29, 0.717) is 17.0 Å². The van der Waals surface area contributed by atoms with Crippen LogP contribution < -0.4 is 11.1 Å². The number of aromatic nitrogens is 1. The molecule has 2 unspecified atom stereocenters. The number of nitrogens with zero attached hydrogens (tertiary/aromatic N) is 1. The maximum absolute atomic E-state index is 12.1. The van der Waals surface area contributed by atoms with Crippen LogP contribution in [0.15, 0.2) is 4.90 Å². The first-order valence-corrected chi connectivity index (χ1v) is 9.12. The van der Waals surface area contributed by atoms with E-state index < -0.39 is 9.84 Å². The molecule has 0 saturated heterocycles. The zero-order valence-electron chi connectivity index (χ0n) is 11.3. The first kappa shape index (κ1) is 14.6. The second-order valence-electron chi connectivity index (χ2n) is 5.14. The normalized spacial score (nSPS) is 24.3. The summed E-state index contributed by atoms with van der Waals surface area (Å²) in [5.41, 5.74) is 5.72. The van der Waals surface area contributed by atoms with E-state index in [2.05, 4.69) is 16.6 Å². The van der Waals surface area contributed by atoms with Gasteiger partial charge in [0.2, 0.25) is 0 Å². The summed E-state index contributed by atoms with van der Waals surface area (Å²) >= 11 is 1.15. The lowest BCUT2D eigenvalue weighted by molar-refractivity contribution is 0.349. The smallest absolute Gasteiger partial charge is 0.184 e. The Balaban J connectivity index is 2.26. The fourth-order valence-corrected chi connectivity index (χ4v) is 4.75. The molecule has 1 aliphatic rings. The standard InChI is InChI=1S/C12H21N3O2S2/c1-3-19(16,17)10-11(13)15-18-12(10)14-9-7-5-4-6-8(9)2/h8-9,14H,3-7H2,1-2H3,(H2,13,15). The zero-order chi connectivity index (χ0) is 14.0. The Labute approximate surface area is 118 Å². The summed E-state index contributed by atoms with van der Waals surface area (Å²) < 4.78 is 28.1. The maximum atomic E-state index is 12.1. The van der Waals surface area contributed by atoms with Gasteiger partial charge in [0.15, 0.2) is 15.7 Å². The van der Waals surface area contributed by atoms with Gasteiger partial charge in [-0.25, -0.2) is 8.42 Å². The van der Waals surface area contributed by atoms with E-state index in [4.69, 9.17) is 5.73 Å². The molecule has 1 aromatic rings. The molecule has 1 heterocycles. The molecule has 2 rings (SSSR count). The molecule has 19 heavy (non-hydrogen) atoms. The van der Waals surface area contributed by atoms with E-state index in [0.717, 1.165) is 18.0 Å². The molecule has 1 saturated carbocycles. The second kappa shape index (κ2) is 5.66. The Morgan fingerprint density at radius 2 is 2.11 bits per heavy atom. The van der Waals surface area contributed by atoms with E-state index in [1.807, 2.05) is 0 Å². The quantitative estimate of drug-likeness (QED) is 0.892. The summed E-state index contributed by atoms with van der Waals surface area (Å²) in [6, 6.07) is 0.319. The molecule has 3 N–H and O–H groups in total. The van der Waals surface area contributed by atoms with Crippen LogP contribution in [0, 0.1) is 5.92 Å². The third kappa shape index (κ3) is 3.02. The first-order valence-electron chi connectivity index (χ1n) is 6.70. The SMILES string of the molecule is CCS(=O)(=O)c1c(N)nsc1NC1CCCCC1C. The van der Waals surface area contributed by atoms with Crippen molar-refractivity contribution in [3.63, 3.8) is 0 Å². The number of nitrogens with two attached hydrogens (primary N) is 1. The number of anilines is 2. The van der Waals surface area contributed by atoms with E-state index in [1.54, 1.807) is 6.92 Å². The van der Waals surface area contributed by atoms with E-state index in [1.165, 1.54) is 19.3 Å². The molecule has 0 spiro atoms. The molecule has 5 nitrogen and oxygen atoms in total.